The molecule has 122 valence electrons. The summed E-state index contributed by atoms with van der Waals surface area (Å²) in [6.07, 6.45) is 9.51. The van der Waals surface area contributed by atoms with Crippen molar-refractivity contribution in [2.24, 2.45) is 10.4 Å². The Morgan fingerprint density at radius 1 is 1.19 bits per heavy atom. The van der Waals surface area contributed by atoms with Crippen LogP contribution in [0.5, 0.6) is 0 Å². The number of hydrogen-bond donors (Lipinski definition) is 1. The van der Waals surface area contributed by atoms with Crippen molar-refractivity contribution in [1.82, 2.24) is 10.2 Å². The van der Waals surface area contributed by atoms with E-state index in [4.69, 9.17) is 9.73 Å². The Kier molecular flexibility index (Phi) is 6.81. The maximum Gasteiger partial charge on any atom is 0.193 e. The van der Waals surface area contributed by atoms with Crippen molar-refractivity contribution in [3.05, 3.63) is 0 Å². The number of hydrogen-bond acceptors (Lipinski definition) is 2. The lowest BCUT2D eigenvalue weighted by atomic mass is 9.73. The van der Waals surface area contributed by atoms with Crippen molar-refractivity contribution < 1.29 is 4.74 Å². The molecule has 0 radical (unpaired) electrons. The SMILES string of the molecule is CCNC(=NCCCOCC)N1CCC2(CCCCC2)C1. The smallest absolute Gasteiger partial charge is 0.193 e. The molecular formula is C17H33N3O. The minimum absolute atomic E-state index is 0.597. The highest BCUT2D eigenvalue weighted by Gasteiger charge is 2.39. The first-order valence-corrected chi connectivity index (χ1v) is 8.91. The van der Waals surface area contributed by atoms with Crippen LogP contribution in [0.15, 0.2) is 4.99 Å². The Morgan fingerprint density at radius 3 is 2.71 bits per heavy atom. The van der Waals surface area contributed by atoms with Crippen LogP contribution in [-0.4, -0.2) is 50.3 Å². The van der Waals surface area contributed by atoms with Crippen molar-refractivity contribution in [2.45, 2.75) is 58.8 Å². The zero-order chi connectivity index (χ0) is 15.0. The fraction of sp³-hybridized carbons (Fsp3) is 0.941. The first kappa shape index (κ1) is 16.6. The summed E-state index contributed by atoms with van der Waals surface area (Å²) in [5.74, 6) is 1.12. The van der Waals surface area contributed by atoms with Crippen LogP contribution in [0.2, 0.25) is 0 Å². The molecule has 2 fully saturated rings. The monoisotopic (exact) mass is 295 g/mol. The Hall–Kier alpha value is -0.770. The molecule has 1 spiro atoms. The first-order chi connectivity index (χ1) is 10.3. The number of nitrogens with one attached hydrogen (secondary N) is 1. The van der Waals surface area contributed by atoms with Gasteiger partial charge in [0.05, 0.1) is 0 Å². The summed E-state index contributed by atoms with van der Waals surface area (Å²) < 4.78 is 5.39. The molecule has 0 unspecified atom stereocenters. The first-order valence-electron chi connectivity index (χ1n) is 8.91. The van der Waals surface area contributed by atoms with Crippen LogP contribution >= 0.6 is 0 Å². The Balaban J connectivity index is 1.84. The molecule has 1 heterocycles. The van der Waals surface area contributed by atoms with Gasteiger partial charge in [0.2, 0.25) is 0 Å². The summed E-state index contributed by atoms with van der Waals surface area (Å²) in [6, 6.07) is 0. The van der Waals surface area contributed by atoms with Gasteiger partial charge in [-0.15, -0.1) is 0 Å². The van der Waals surface area contributed by atoms with Gasteiger partial charge in [-0.2, -0.15) is 0 Å². The van der Waals surface area contributed by atoms with Gasteiger partial charge in [-0.3, -0.25) is 4.99 Å². The maximum absolute atomic E-state index is 5.39. The quantitative estimate of drug-likeness (QED) is 0.465. The van der Waals surface area contributed by atoms with Gasteiger partial charge in [-0.05, 0) is 44.9 Å². The second kappa shape index (κ2) is 8.62. The third kappa shape index (κ3) is 4.87. The topological polar surface area (TPSA) is 36.9 Å². The Labute approximate surface area is 130 Å². The minimum Gasteiger partial charge on any atom is -0.382 e. The third-order valence-electron chi connectivity index (χ3n) is 4.90. The second-order valence-corrected chi connectivity index (χ2v) is 6.52. The van der Waals surface area contributed by atoms with E-state index < -0.39 is 0 Å². The number of guanidine groups is 1. The van der Waals surface area contributed by atoms with E-state index in [0.717, 1.165) is 38.7 Å². The number of aliphatic imine (C=N–C) groups is 1. The van der Waals surface area contributed by atoms with Gasteiger partial charge in [-0.1, -0.05) is 19.3 Å². The van der Waals surface area contributed by atoms with Crippen LogP contribution in [0.25, 0.3) is 0 Å². The minimum atomic E-state index is 0.597. The summed E-state index contributed by atoms with van der Waals surface area (Å²) in [7, 11) is 0. The van der Waals surface area contributed by atoms with Crippen molar-refractivity contribution in [3.63, 3.8) is 0 Å². The zero-order valence-corrected chi connectivity index (χ0v) is 14.0. The van der Waals surface area contributed by atoms with Gasteiger partial charge >= 0.3 is 0 Å². The summed E-state index contributed by atoms with van der Waals surface area (Å²) in [4.78, 5) is 7.29. The molecule has 0 amide bonds. The van der Waals surface area contributed by atoms with Gasteiger partial charge < -0.3 is 15.0 Å². The molecule has 1 saturated heterocycles. The second-order valence-electron chi connectivity index (χ2n) is 6.52. The van der Waals surface area contributed by atoms with Crippen LogP contribution < -0.4 is 5.32 Å². The van der Waals surface area contributed by atoms with E-state index in [0.29, 0.717) is 5.41 Å². The van der Waals surface area contributed by atoms with Gasteiger partial charge in [0.25, 0.3) is 0 Å². The van der Waals surface area contributed by atoms with Crippen LogP contribution in [0.4, 0.5) is 0 Å². The van der Waals surface area contributed by atoms with Crippen LogP contribution in [0, 0.1) is 5.41 Å². The molecule has 21 heavy (non-hydrogen) atoms. The number of likely N-dealkylation sites (tertiary alicyclic amines) is 1. The molecule has 0 atom stereocenters. The van der Waals surface area contributed by atoms with E-state index >= 15 is 0 Å². The maximum atomic E-state index is 5.39. The lowest BCUT2D eigenvalue weighted by molar-refractivity contribution is 0.146. The number of nitrogens with zero attached hydrogens (tertiary/aromatic N) is 2. The van der Waals surface area contributed by atoms with Crippen LogP contribution in [0.3, 0.4) is 0 Å². The predicted octanol–water partition coefficient (Wildman–Crippen LogP) is 3.03. The van der Waals surface area contributed by atoms with Gasteiger partial charge in [0.15, 0.2) is 5.96 Å². The average molecular weight is 295 g/mol. The molecular weight excluding hydrogens is 262 g/mol. The van der Waals surface area contributed by atoms with Gasteiger partial charge in [-0.25, -0.2) is 0 Å². The normalized spacial score (nSPS) is 22.0. The highest BCUT2D eigenvalue weighted by molar-refractivity contribution is 5.80. The summed E-state index contributed by atoms with van der Waals surface area (Å²) in [5.41, 5.74) is 0.597. The molecule has 4 heteroatoms. The fourth-order valence-electron chi connectivity index (χ4n) is 3.75. The van der Waals surface area contributed by atoms with Crippen LogP contribution in [0.1, 0.15) is 58.8 Å². The van der Waals surface area contributed by atoms with E-state index in [-0.39, 0.29) is 0 Å². The third-order valence-corrected chi connectivity index (χ3v) is 4.90. The molecule has 1 saturated carbocycles. The largest absolute Gasteiger partial charge is 0.382 e. The highest BCUT2D eigenvalue weighted by Crippen LogP contribution is 2.43. The molecule has 2 aliphatic rings. The summed E-state index contributed by atoms with van der Waals surface area (Å²) in [5, 5.41) is 3.47. The average Bonchev–Trinajstić information content (AvgIpc) is 2.90. The zero-order valence-electron chi connectivity index (χ0n) is 14.0. The van der Waals surface area contributed by atoms with Crippen LogP contribution in [-0.2, 0) is 4.74 Å². The molecule has 0 aromatic rings. The lowest BCUT2D eigenvalue weighted by Crippen LogP contribution is -2.41. The number of rotatable bonds is 6. The van der Waals surface area contributed by atoms with Gasteiger partial charge in [0.1, 0.15) is 0 Å². The number of ether oxygens (including phenoxy) is 1. The highest BCUT2D eigenvalue weighted by atomic mass is 16.5. The molecule has 2 rings (SSSR count). The molecule has 1 N–H and O–H groups in total. The van der Waals surface area contributed by atoms with Crippen molar-refractivity contribution >= 4 is 5.96 Å². The fourth-order valence-corrected chi connectivity index (χ4v) is 3.75. The molecule has 1 aliphatic heterocycles. The molecule has 0 aromatic carbocycles. The van der Waals surface area contributed by atoms with Gasteiger partial charge in [0, 0.05) is 39.4 Å². The molecule has 1 aliphatic carbocycles. The van der Waals surface area contributed by atoms with E-state index in [2.05, 4.69) is 17.1 Å². The Morgan fingerprint density at radius 2 is 2.00 bits per heavy atom. The Bertz CT molecular complexity index is 324. The van der Waals surface area contributed by atoms with Crippen molar-refractivity contribution in [1.29, 1.82) is 0 Å². The summed E-state index contributed by atoms with van der Waals surface area (Å²) in [6.45, 7) is 10.0. The van der Waals surface area contributed by atoms with E-state index in [1.54, 1.807) is 0 Å². The molecule has 4 nitrogen and oxygen atoms in total. The van der Waals surface area contributed by atoms with Crippen molar-refractivity contribution in [3.8, 4) is 0 Å². The predicted molar refractivity (Wildman–Crippen MR) is 88.8 cm³/mol. The standard InChI is InChI=1S/C17H33N3O/c1-3-18-16(19-12-8-14-21-4-2)20-13-11-17(15-20)9-6-5-7-10-17/h3-15H2,1-2H3,(H,18,19). The van der Waals surface area contributed by atoms with E-state index in [9.17, 15) is 0 Å². The molecule has 0 aromatic heterocycles. The lowest BCUT2D eigenvalue weighted by Gasteiger charge is -2.33. The molecule has 0 bridgehead atoms. The van der Waals surface area contributed by atoms with Crippen molar-refractivity contribution in [2.75, 3.05) is 39.4 Å². The van der Waals surface area contributed by atoms with E-state index in [1.165, 1.54) is 51.6 Å². The van der Waals surface area contributed by atoms with E-state index in [1.807, 2.05) is 6.92 Å². The summed E-state index contributed by atoms with van der Waals surface area (Å²) >= 11 is 0.